The number of aliphatic hydroxyl groups excluding tert-OH is 1. The van der Waals surface area contributed by atoms with Crippen LogP contribution in [0, 0.1) is 0 Å². The molecule has 1 unspecified atom stereocenters. The number of rotatable bonds is 4. The van der Waals surface area contributed by atoms with Crippen molar-refractivity contribution < 1.29 is 19.4 Å². The molecule has 1 heterocycles. The molecule has 4 N–H and O–H groups in total. The maximum Gasteiger partial charge on any atom is 0.250 e. The van der Waals surface area contributed by atoms with Crippen molar-refractivity contribution in [1.82, 2.24) is 0 Å². The van der Waals surface area contributed by atoms with Gasteiger partial charge in [-0.2, -0.15) is 0 Å². The number of Topliss-reactive ketones (excluding diaryl/α,β-unsaturated/α-hetero) is 1. The quantitative estimate of drug-likeness (QED) is 0.772. The summed E-state index contributed by atoms with van der Waals surface area (Å²) in [5.74, 6) is -1.41. The number of hydrogen-bond acceptors (Lipinski definition) is 6. The van der Waals surface area contributed by atoms with Gasteiger partial charge in [-0.1, -0.05) is 0 Å². The maximum absolute atomic E-state index is 12.2. The highest BCUT2D eigenvalue weighted by Crippen LogP contribution is 2.39. The Kier molecular flexibility index (Phi) is 3.92. The Labute approximate surface area is 139 Å². The minimum Gasteiger partial charge on any atom is -0.504 e. The zero-order chi connectivity index (χ0) is 17.4. The molecule has 7 heteroatoms. The number of primary amides is 1. The molecule has 0 radical (unpaired) electrons. The van der Waals surface area contributed by atoms with E-state index in [0.717, 1.165) is 24.9 Å². The summed E-state index contributed by atoms with van der Waals surface area (Å²) in [4.78, 5) is 25.9. The Morgan fingerprint density at radius 3 is 2.71 bits per heavy atom. The van der Waals surface area contributed by atoms with E-state index < -0.39 is 23.6 Å². The van der Waals surface area contributed by atoms with Crippen molar-refractivity contribution in [2.75, 3.05) is 23.3 Å². The van der Waals surface area contributed by atoms with Gasteiger partial charge in [-0.15, -0.1) is 0 Å². The molecule has 1 aliphatic carbocycles. The lowest BCUT2D eigenvalue weighted by atomic mass is 9.95. The van der Waals surface area contributed by atoms with Gasteiger partial charge < -0.3 is 25.8 Å². The van der Waals surface area contributed by atoms with Gasteiger partial charge in [0.1, 0.15) is 5.75 Å². The van der Waals surface area contributed by atoms with Crippen LogP contribution in [-0.4, -0.2) is 36.0 Å². The topological polar surface area (TPSA) is 105 Å². The number of anilines is 2. The number of nitrogens with one attached hydrogen (secondary N) is 1. The van der Waals surface area contributed by atoms with Crippen LogP contribution in [0.5, 0.6) is 5.75 Å². The number of nitrogens with zero attached hydrogens (tertiary/aromatic N) is 1. The van der Waals surface area contributed by atoms with Crippen molar-refractivity contribution in [3.05, 3.63) is 41.3 Å². The summed E-state index contributed by atoms with van der Waals surface area (Å²) in [7, 11) is 0. The maximum atomic E-state index is 12.2. The lowest BCUT2D eigenvalue weighted by molar-refractivity contribution is -0.123. The zero-order valence-electron chi connectivity index (χ0n) is 13.5. The van der Waals surface area contributed by atoms with Crippen LogP contribution in [0.15, 0.2) is 41.3 Å². The number of fused-ring (bicyclic) bond motifs is 2. The third kappa shape index (κ3) is 2.47. The second-order valence-corrected chi connectivity index (χ2v) is 5.56. The normalized spacial score (nSPS) is 18.8. The van der Waals surface area contributed by atoms with Crippen molar-refractivity contribution in [2.45, 2.75) is 20.0 Å². The van der Waals surface area contributed by atoms with Crippen molar-refractivity contribution >= 4 is 23.1 Å². The molecule has 1 amide bonds. The molecule has 24 heavy (non-hydrogen) atoms. The predicted molar refractivity (Wildman–Crippen MR) is 90.0 cm³/mol. The molecule has 1 aromatic rings. The van der Waals surface area contributed by atoms with E-state index in [9.17, 15) is 14.7 Å². The SMILES string of the molecule is CCN(CC)c1ccc2c(c1)OC1C(=O)C(O)=CC(C(N)=O)=C1N2. The van der Waals surface area contributed by atoms with Gasteiger partial charge in [0, 0.05) is 24.8 Å². The Hall–Kier alpha value is -2.96. The number of carbonyl (C=O) groups excluding carboxylic acids is 2. The smallest absolute Gasteiger partial charge is 0.250 e. The van der Waals surface area contributed by atoms with E-state index in [1.54, 1.807) is 0 Å². The average molecular weight is 329 g/mol. The molecule has 0 aromatic heterocycles. The summed E-state index contributed by atoms with van der Waals surface area (Å²) < 4.78 is 5.77. The molecule has 126 valence electrons. The third-order valence-corrected chi connectivity index (χ3v) is 4.20. The third-order valence-electron chi connectivity index (χ3n) is 4.20. The summed E-state index contributed by atoms with van der Waals surface area (Å²) in [6.45, 7) is 5.78. The van der Waals surface area contributed by atoms with E-state index in [1.165, 1.54) is 0 Å². The minimum absolute atomic E-state index is 0.0376. The van der Waals surface area contributed by atoms with Gasteiger partial charge in [0.25, 0.3) is 5.91 Å². The number of ketones is 1. The Balaban J connectivity index is 2.05. The first-order valence-electron chi connectivity index (χ1n) is 7.77. The molecule has 7 nitrogen and oxygen atoms in total. The second-order valence-electron chi connectivity index (χ2n) is 5.56. The molecule has 0 fully saturated rings. The van der Waals surface area contributed by atoms with Crippen LogP contribution in [0.3, 0.4) is 0 Å². The number of benzene rings is 1. The van der Waals surface area contributed by atoms with Gasteiger partial charge in [0.05, 0.1) is 17.0 Å². The van der Waals surface area contributed by atoms with E-state index >= 15 is 0 Å². The van der Waals surface area contributed by atoms with E-state index in [4.69, 9.17) is 10.5 Å². The van der Waals surface area contributed by atoms with Gasteiger partial charge in [-0.25, -0.2) is 0 Å². The van der Waals surface area contributed by atoms with Gasteiger partial charge >= 0.3 is 0 Å². The Bertz CT molecular complexity index is 778. The largest absolute Gasteiger partial charge is 0.504 e. The molecule has 1 aromatic carbocycles. The first-order chi connectivity index (χ1) is 11.5. The van der Waals surface area contributed by atoms with Crippen LogP contribution in [0.4, 0.5) is 11.4 Å². The van der Waals surface area contributed by atoms with E-state index in [0.29, 0.717) is 11.4 Å². The number of carbonyl (C=O) groups is 2. The summed E-state index contributed by atoms with van der Waals surface area (Å²) in [5.41, 5.74) is 7.23. The van der Waals surface area contributed by atoms with Crippen LogP contribution in [0.1, 0.15) is 13.8 Å². The van der Waals surface area contributed by atoms with Gasteiger partial charge in [0.2, 0.25) is 11.9 Å². The minimum atomic E-state index is -1.10. The van der Waals surface area contributed by atoms with Crippen LogP contribution >= 0.6 is 0 Å². The fraction of sp³-hybridized carbons (Fsp3) is 0.294. The molecule has 0 spiro atoms. The number of aliphatic hydroxyl groups is 1. The standard InChI is InChI=1S/C17H19N3O4/c1-3-20(4-2)9-5-6-11-13(7-9)24-16-14(19-11)10(17(18)23)8-12(21)15(16)22/h5-8,16,19,21H,3-4H2,1-2H3,(H2,18,23). The highest BCUT2D eigenvalue weighted by atomic mass is 16.5. The van der Waals surface area contributed by atoms with E-state index in [2.05, 4.69) is 24.1 Å². The van der Waals surface area contributed by atoms with E-state index in [-0.39, 0.29) is 11.3 Å². The summed E-state index contributed by atoms with van der Waals surface area (Å²) in [6.07, 6.45) is -0.0285. The summed E-state index contributed by atoms with van der Waals surface area (Å²) in [5, 5.41) is 12.8. The molecular formula is C17H19N3O4. The fourth-order valence-electron chi connectivity index (χ4n) is 2.91. The monoisotopic (exact) mass is 329 g/mol. The lowest BCUT2D eigenvalue weighted by Gasteiger charge is -2.32. The molecule has 1 atom stereocenters. The number of hydrogen-bond donors (Lipinski definition) is 3. The summed E-state index contributed by atoms with van der Waals surface area (Å²) in [6, 6.07) is 5.59. The predicted octanol–water partition coefficient (Wildman–Crippen LogP) is 1.47. The lowest BCUT2D eigenvalue weighted by Crippen LogP contribution is -2.41. The Morgan fingerprint density at radius 1 is 1.38 bits per heavy atom. The summed E-state index contributed by atoms with van der Waals surface area (Å²) >= 11 is 0. The van der Waals surface area contributed by atoms with Crippen molar-refractivity contribution in [1.29, 1.82) is 0 Å². The van der Waals surface area contributed by atoms with Crippen LogP contribution < -0.4 is 20.7 Å². The second kappa shape index (κ2) is 5.92. The van der Waals surface area contributed by atoms with Crippen molar-refractivity contribution in [3.63, 3.8) is 0 Å². The van der Waals surface area contributed by atoms with Crippen molar-refractivity contribution in [2.24, 2.45) is 5.73 Å². The zero-order valence-corrected chi connectivity index (χ0v) is 13.5. The highest BCUT2D eigenvalue weighted by molar-refractivity contribution is 6.08. The Morgan fingerprint density at radius 2 is 2.08 bits per heavy atom. The molecule has 3 rings (SSSR count). The first kappa shape index (κ1) is 15.9. The van der Waals surface area contributed by atoms with Crippen LogP contribution in [-0.2, 0) is 9.59 Å². The van der Waals surface area contributed by atoms with E-state index in [1.807, 2.05) is 18.2 Å². The number of nitrogens with two attached hydrogens (primary N) is 1. The first-order valence-corrected chi connectivity index (χ1v) is 7.77. The average Bonchev–Trinajstić information content (AvgIpc) is 2.57. The fourth-order valence-corrected chi connectivity index (χ4v) is 2.91. The van der Waals surface area contributed by atoms with Crippen LogP contribution in [0.2, 0.25) is 0 Å². The molecule has 1 aliphatic heterocycles. The molecule has 0 saturated heterocycles. The van der Waals surface area contributed by atoms with Gasteiger partial charge in [-0.05, 0) is 32.1 Å². The van der Waals surface area contributed by atoms with Crippen LogP contribution in [0.25, 0.3) is 0 Å². The molecule has 0 saturated carbocycles. The van der Waals surface area contributed by atoms with Crippen molar-refractivity contribution in [3.8, 4) is 5.75 Å². The molecule has 0 bridgehead atoms. The number of amides is 1. The van der Waals surface area contributed by atoms with Gasteiger partial charge in [-0.3, -0.25) is 9.59 Å². The molecule has 2 aliphatic rings. The molecular weight excluding hydrogens is 310 g/mol. The number of ether oxygens (including phenoxy) is 1. The highest BCUT2D eigenvalue weighted by Gasteiger charge is 2.39. The van der Waals surface area contributed by atoms with Gasteiger partial charge in [0.15, 0.2) is 5.76 Å².